The molecule has 0 radical (unpaired) electrons. The average molecular weight is 102 g/mol. The minimum atomic E-state index is -0.0880. The number of hydrogen-bond acceptors (Lipinski definition) is 0. The fourth-order valence-electron chi connectivity index (χ4n) is 0.459. The highest BCUT2D eigenvalue weighted by Gasteiger charge is 1.85. The largest absolute Gasteiger partial charge is 0.212 e. The van der Waals surface area contributed by atoms with Crippen molar-refractivity contribution in [1.82, 2.24) is 0 Å². The van der Waals surface area contributed by atoms with E-state index >= 15 is 0 Å². The molecule has 7 heavy (non-hydrogen) atoms. The van der Waals surface area contributed by atoms with Gasteiger partial charge in [0, 0.05) is 0 Å². The van der Waals surface area contributed by atoms with Crippen LogP contribution in [0.4, 0.5) is 4.39 Å². The first-order valence-electron chi connectivity index (χ1n) is 2.47. The van der Waals surface area contributed by atoms with Crippen molar-refractivity contribution < 1.29 is 4.39 Å². The Balaban J connectivity index is 3.45. The monoisotopic (exact) mass is 102 g/mol. The molecule has 0 aliphatic rings. The van der Waals surface area contributed by atoms with Crippen LogP contribution in [0.15, 0.2) is 11.9 Å². The normalized spacial score (nSPS) is 13.0. The molecule has 0 heterocycles. The van der Waals surface area contributed by atoms with Gasteiger partial charge in [-0.05, 0) is 12.8 Å². The first-order valence-corrected chi connectivity index (χ1v) is 2.47. The van der Waals surface area contributed by atoms with Crippen LogP contribution in [0.25, 0.3) is 0 Å². The van der Waals surface area contributed by atoms with Crippen LogP contribution in [-0.4, -0.2) is 0 Å². The zero-order chi connectivity index (χ0) is 5.86. The molecule has 0 aromatic carbocycles. The maximum atomic E-state index is 11.8. The Morgan fingerprint density at radius 3 is 2.00 bits per heavy atom. The van der Waals surface area contributed by atoms with Gasteiger partial charge in [0.25, 0.3) is 0 Å². The second-order valence-electron chi connectivity index (χ2n) is 2.00. The van der Waals surface area contributed by atoms with E-state index in [-0.39, 0.29) is 5.83 Å². The van der Waals surface area contributed by atoms with E-state index in [1.54, 1.807) is 6.08 Å². The van der Waals surface area contributed by atoms with Crippen LogP contribution < -0.4 is 0 Å². The van der Waals surface area contributed by atoms with Crippen LogP contribution >= 0.6 is 0 Å². The summed E-state index contributed by atoms with van der Waals surface area (Å²) in [7, 11) is 0. The Labute approximate surface area is 44.0 Å². The predicted molar refractivity (Wildman–Crippen MR) is 29.7 cm³/mol. The van der Waals surface area contributed by atoms with Crippen LogP contribution in [0.2, 0.25) is 0 Å². The molecule has 0 N–H and O–H groups in total. The maximum Gasteiger partial charge on any atom is 0.0931 e. The summed E-state index contributed by atoms with van der Waals surface area (Å²) in [5, 5.41) is 0. The number of allylic oxidation sites excluding steroid dienone is 2. The van der Waals surface area contributed by atoms with Gasteiger partial charge in [-0.25, -0.2) is 4.39 Å². The number of hydrogen-bond donors (Lipinski definition) is 0. The average Bonchev–Trinajstić information content (AvgIpc) is 1.27. The zero-order valence-electron chi connectivity index (χ0n) is 5.03. The van der Waals surface area contributed by atoms with Crippen LogP contribution in [0.5, 0.6) is 0 Å². The Bertz CT molecular complexity index is 68.2. The first kappa shape index (κ1) is 6.67. The van der Waals surface area contributed by atoms with Gasteiger partial charge in [-0.15, -0.1) is 0 Å². The lowest BCUT2D eigenvalue weighted by Gasteiger charge is -1.90. The Hall–Kier alpha value is -0.330. The number of rotatable bonds is 1. The van der Waals surface area contributed by atoms with E-state index in [1.807, 2.05) is 13.8 Å². The highest BCUT2D eigenvalue weighted by Crippen LogP contribution is 2.00. The van der Waals surface area contributed by atoms with Crippen LogP contribution in [0.1, 0.15) is 20.8 Å². The van der Waals surface area contributed by atoms with Gasteiger partial charge in [0.15, 0.2) is 0 Å². The summed E-state index contributed by atoms with van der Waals surface area (Å²) in [5.41, 5.74) is 0. The molecule has 0 aromatic rings. The van der Waals surface area contributed by atoms with Crippen LogP contribution in [0.3, 0.4) is 0 Å². The SMILES string of the molecule is C/C(F)=C/C(C)C. The molecule has 42 valence electrons. The molecule has 0 atom stereocenters. The lowest BCUT2D eigenvalue weighted by Crippen LogP contribution is -1.77. The molecule has 0 aliphatic heterocycles. The van der Waals surface area contributed by atoms with Gasteiger partial charge in [-0.1, -0.05) is 19.9 Å². The molecule has 0 fully saturated rings. The first-order chi connectivity index (χ1) is 3.13. The third kappa shape index (κ3) is 5.67. The zero-order valence-corrected chi connectivity index (χ0v) is 5.03. The van der Waals surface area contributed by atoms with Crippen molar-refractivity contribution in [2.75, 3.05) is 0 Å². The van der Waals surface area contributed by atoms with Gasteiger partial charge in [0.1, 0.15) is 0 Å². The summed E-state index contributed by atoms with van der Waals surface area (Å²) in [4.78, 5) is 0. The van der Waals surface area contributed by atoms with Crippen molar-refractivity contribution in [3.05, 3.63) is 11.9 Å². The predicted octanol–water partition coefficient (Wildman–Crippen LogP) is 2.52. The Morgan fingerprint density at radius 2 is 2.00 bits per heavy atom. The van der Waals surface area contributed by atoms with Crippen molar-refractivity contribution in [2.24, 2.45) is 5.92 Å². The Kier molecular flexibility index (Phi) is 2.65. The summed E-state index contributed by atoms with van der Waals surface area (Å²) in [5.74, 6) is 0.250. The van der Waals surface area contributed by atoms with Gasteiger partial charge < -0.3 is 0 Å². The standard InChI is InChI=1S/C6H11F/c1-5(2)4-6(3)7/h4-5H,1-3H3/b6-4-. The third-order valence-electron chi connectivity index (χ3n) is 0.563. The summed E-state index contributed by atoms with van der Waals surface area (Å²) in [6.07, 6.45) is 1.58. The highest BCUT2D eigenvalue weighted by atomic mass is 19.1. The van der Waals surface area contributed by atoms with Gasteiger partial charge >= 0.3 is 0 Å². The lowest BCUT2D eigenvalue weighted by molar-refractivity contribution is 0.620. The van der Waals surface area contributed by atoms with Crippen molar-refractivity contribution in [1.29, 1.82) is 0 Å². The van der Waals surface area contributed by atoms with Crippen LogP contribution in [-0.2, 0) is 0 Å². The minimum absolute atomic E-state index is 0.0880. The molecular weight excluding hydrogens is 91.1 g/mol. The Morgan fingerprint density at radius 1 is 1.57 bits per heavy atom. The molecule has 0 bridgehead atoms. The molecular formula is C6H11F. The molecule has 0 spiro atoms. The van der Waals surface area contributed by atoms with Crippen molar-refractivity contribution in [2.45, 2.75) is 20.8 Å². The van der Waals surface area contributed by atoms with E-state index in [2.05, 4.69) is 0 Å². The lowest BCUT2D eigenvalue weighted by atomic mass is 10.2. The van der Waals surface area contributed by atoms with E-state index in [0.717, 1.165) is 0 Å². The summed E-state index contributed by atoms with van der Waals surface area (Å²) in [6.45, 7) is 5.35. The number of halogens is 1. The van der Waals surface area contributed by atoms with E-state index < -0.39 is 0 Å². The maximum absolute atomic E-state index is 11.8. The molecule has 0 aromatic heterocycles. The van der Waals surface area contributed by atoms with Gasteiger partial charge in [-0.2, -0.15) is 0 Å². The molecule has 1 heteroatoms. The fourth-order valence-corrected chi connectivity index (χ4v) is 0.459. The molecule has 0 amide bonds. The molecule has 0 saturated carbocycles. The van der Waals surface area contributed by atoms with E-state index in [0.29, 0.717) is 5.92 Å². The van der Waals surface area contributed by atoms with E-state index in [4.69, 9.17) is 0 Å². The second kappa shape index (κ2) is 2.78. The summed E-state index contributed by atoms with van der Waals surface area (Å²) < 4.78 is 11.8. The van der Waals surface area contributed by atoms with Gasteiger partial charge in [0.2, 0.25) is 0 Å². The minimum Gasteiger partial charge on any atom is -0.212 e. The molecule has 0 saturated heterocycles. The molecule has 0 unspecified atom stereocenters. The van der Waals surface area contributed by atoms with E-state index in [9.17, 15) is 4.39 Å². The highest BCUT2D eigenvalue weighted by molar-refractivity contribution is 4.88. The molecule has 0 rings (SSSR count). The topological polar surface area (TPSA) is 0 Å². The van der Waals surface area contributed by atoms with E-state index in [1.165, 1.54) is 6.92 Å². The van der Waals surface area contributed by atoms with Crippen molar-refractivity contribution in [3.63, 3.8) is 0 Å². The quantitative estimate of drug-likeness (QED) is 0.477. The summed E-state index contributed by atoms with van der Waals surface area (Å²) in [6, 6.07) is 0. The molecule has 0 aliphatic carbocycles. The van der Waals surface area contributed by atoms with Gasteiger partial charge in [0.05, 0.1) is 5.83 Å². The summed E-state index contributed by atoms with van der Waals surface area (Å²) >= 11 is 0. The van der Waals surface area contributed by atoms with Crippen molar-refractivity contribution >= 4 is 0 Å². The van der Waals surface area contributed by atoms with Crippen molar-refractivity contribution in [3.8, 4) is 0 Å². The smallest absolute Gasteiger partial charge is 0.0931 e. The molecule has 0 nitrogen and oxygen atoms in total. The second-order valence-corrected chi connectivity index (χ2v) is 2.00. The van der Waals surface area contributed by atoms with Crippen LogP contribution in [0, 0.1) is 5.92 Å². The van der Waals surface area contributed by atoms with Gasteiger partial charge in [-0.3, -0.25) is 0 Å². The third-order valence-corrected chi connectivity index (χ3v) is 0.563. The fraction of sp³-hybridized carbons (Fsp3) is 0.667.